The molecule has 0 radical (unpaired) electrons. The van der Waals surface area contributed by atoms with Crippen molar-refractivity contribution in [2.45, 2.75) is 13.8 Å². The van der Waals surface area contributed by atoms with Crippen LogP contribution >= 0.6 is 0 Å². The number of carbonyl (C=O) groups excluding carboxylic acids is 1. The molecule has 4 heteroatoms. The molecule has 0 fully saturated rings. The van der Waals surface area contributed by atoms with Crippen LogP contribution in [0.3, 0.4) is 0 Å². The molecule has 98 valence electrons. The van der Waals surface area contributed by atoms with Crippen LogP contribution in [0.25, 0.3) is 0 Å². The molecule has 0 atom stereocenters. The summed E-state index contributed by atoms with van der Waals surface area (Å²) < 4.78 is 26.0. The summed E-state index contributed by atoms with van der Waals surface area (Å²) in [5.41, 5.74) is 2.44. The highest BCUT2D eigenvalue weighted by Gasteiger charge is 2.10. The van der Waals surface area contributed by atoms with Gasteiger partial charge in [-0.1, -0.05) is 17.7 Å². The molecule has 1 amide bonds. The monoisotopic (exact) mass is 261 g/mol. The largest absolute Gasteiger partial charge is 0.322 e. The average molecular weight is 261 g/mol. The number of amides is 1. The van der Waals surface area contributed by atoms with Crippen LogP contribution in [0, 0.1) is 25.5 Å². The fourth-order valence-electron chi connectivity index (χ4n) is 1.89. The first-order chi connectivity index (χ1) is 8.95. The number of rotatable bonds is 2. The van der Waals surface area contributed by atoms with Crippen LogP contribution in [0.4, 0.5) is 14.5 Å². The van der Waals surface area contributed by atoms with Crippen LogP contribution in [-0.2, 0) is 0 Å². The number of aryl methyl sites for hydroxylation is 2. The van der Waals surface area contributed by atoms with E-state index in [0.717, 1.165) is 29.3 Å². The Morgan fingerprint density at radius 1 is 1.00 bits per heavy atom. The summed E-state index contributed by atoms with van der Waals surface area (Å²) in [6.45, 7) is 3.74. The Labute approximate surface area is 110 Å². The molecule has 0 heterocycles. The molecule has 0 saturated carbocycles. The molecular weight excluding hydrogens is 248 g/mol. The number of hydrogen-bond acceptors (Lipinski definition) is 1. The van der Waals surface area contributed by atoms with Crippen molar-refractivity contribution in [1.29, 1.82) is 0 Å². The maximum Gasteiger partial charge on any atom is 0.255 e. The SMILES string of the molecule is Cc1ccc(C(=O)Nc2cc(F)cc(F)c2)c(C)c1. The molecule has 0 aliphatic heterocycles. The van der Waals surface area contributed by atoms with Gasteiger partial charge in [0.1, 0.15) is 11.6 Å². The third-order valence-corrected chi connectivity index (χ3v) is 2.75. The minimum Gasteiger partial charge on any atom is -0.322 e. The molecule has 0 bridgehead atoms. The van der Waals surface area contributed by atoms with E-state index in [9.17, 15) is 13.6 Å². The van der Waals surface area contributed by atoms with Gasteiger partial charge in [-0.05, 0) is 37.6 Å². The lowest BCUT2D eigenvalue weighted by atomic mass is 10.1. The van der Waals surface area contributed by atoms with Crippen LogP contribution in [0.5, 0.6) is 0 Å². The van der Waals surface area contributed by atoms with E-state index >= 15 is 0 Å². The van der Waals surface area contributed by atoms with E-state index in [-0.39, 0.29) is 11.6 Å². The minimum atomic E-state index is -0.726. The fourth-order valence-corrected chi connectivity index (χ4v) is 1.89. The number of carbonyl (C=O) groups is 1. The van der Waals surface area contributed by atoms with Crippen LogP contribution < -0.4 is 5.32 Å². The van der Waals surface area contributed by atoms with Crippen LogP contribution in [0.15, 0.2) is 36.4 Å². The second kappa shape index (κ2) is 5.18. The lowest BCUT2D eigenvalue weighted by molar-refractivity contribution is 0.102. The van der Waals surface area contributed by atoms with Crippen molar-refractivity contribution in [3.63, 3.8) is 0 Å². The number of nitrogens with one attached hydrogen (secondary N) is 1. The van der Waals surface area contributed by atoms with Crippen molar-refractivity contribution in [1.82, 2.24) is 0 Å². The third-order valence-electron chi connectivity index (χ3n) is 2.75. The van der Waals surface area contributed by atoms with E-state index < -0.39 is 11.6 Å². The number of hydrogen-bond donors (Lipinski definition) is 1. The summed E-state index contributed by atoms with van der Waals surface area (Å²) in [6.07, 6.45) is 0. The van der Waals surface area contributed by atoms with Crippen molar-refractivity contribution in [2.75, 3.05) is 5.32 Å². The van der Waals surface area contributed by atoms with E-state index in [2.05, 4.69) is 5.32 Å². The molecule has 2 rings (SSSR count). The summed E-state index contributed by atoms with van der Waals surface area (Å²) in [4.78, 5) is 12.0. The van der Waals surface area contributed by atoms with Crippen molar-refractivity contribution in [3.8, 4) is 0 Å². The molecular formula is C15H13F2NO. The van der Waals surface area contributed by atoms with Gasteiger partial charge in [0.2, 0.25) is 0 Å². The van der Waals surface area contributed by atoms with Crippen LogP contribution in [0.1, 0.15) is 21.5 Å². The highest BCUT2D eigenvalue weighted by Crippen LogP contribution is 2.16. The average Bonchev–Trinajstić information content (AvgIpc) is 2.26. The van der Waals surface area contributed by atoms with Crippen LogP contribution in [0.2, 0.25) is 0 Å². The Hall–Kier alpha value is -2.23. The Morgan fingerprint density at radius 2 is 1.63 bits per heavy atom. The molecule has 1 N–H and O–H groups in total. The van der Waals surface area contributed by atoms with E-state index in [0.29, 0.717) is 5.56 Å². The normalized spacial score (nSPS) is 10.3. The fraction of sp³-hybridized carbons (Fsp3) is 0.133. The second-order valence-electron chi connectivity index (χ2n) is 4.43. The van der Waals surface area contributed by atoms with Crippen molar-refractivity contribution < 1.29 is 13.6 Å². The molecule has 19 heavy (non-hydrogen) atoms. The first-order valence-corrected chi connectivity index (χ1v) is 5.80. The smallest absolute Gasteiger partial charge is 0.255 e. The first kappa shape index (κ1) is 13.2. The number of anilines is 1. The van der Waals surface area contributed by atoms with Gasteiger partial charge in [-0.2, -0.15) is 0 Å². The molecule has 2 aromatic rings. The van der Waals surface area contributed by atoms with Gasteiger partial charge in [0.25, 0.3) is 5.91 Å². The van der Waals surface area contributed by atoms with Gasteiger partial charge < -0.3 is 5.32 Å². The van der Waals surface area contributed by atoms with Gasteiger partial charge in [0, 0.05) is 17.3 Å². The Bertz CT molecular complexity index is 618. The predicted octanol–water partition coefficient (Wildman–Crippen LogP) is 3.83. The molecule has 0 aromatic heterocycles. The summed E-state index contributed by atoms with van der Waals surface area (Å²) in [5.74, 6) is -1.84. The van der Waals surface area contributed by atoms with E-state index in [1.54, 1.807) is 6.07 Å². The van der Waals surface area contributed by atoms with Crippen molar-refractivity contribution in [2.24, 2.45) is 0 Å². The van der Waals surface area contributed by atoms with Gasteiger partial charge >= 0.3 is 0 Å². The van der Waals surface area contributed by atoms with Crippen molar-refractivity contribution >= 4 is 11.6 Å². The van der Waals surface area contributed by atoms with Gasteiger partial charge in [0.05, 0.1) is 0 Å². The molecule has 0 aliphatic carbocycles. The predicted molar refractivity (Wildman–Crippen MR) is 70.2 cm³/mol. The zero-order valence-electron chi connectivity index (χ0n) is 10.6. The highest BCUT2D eigenvalue weighted by molar-refractivity contribution is 6.05. The third kappa shape index (κ3) is 3.16. The van der Waals surface area contributed by atoms with Gasteiger partial charge in [0.15, 0.2) is 0 Å². The number of halogens is 2. The maximum atomic E-state index is 13.0. The standard InChI is InChI=1S/C15H13F2NO/c1-9-3-4-14(10(2)5-9)15(19)18-13-7-11(16)6-12(17)8-13/h3-8H,1-2H3,(H,18,19). The Balaban J connectivity index is 2.25. The molecule has 0 spiro atoms. The van der Waals surface area contributed by atoms with Gasteiger partial charge in [-0.3, -0.25) is 4.79 Å². The molecule has 0 aliphatic rings. The molecule has 2 aromatic carbocycles. The number of benzene rings is 2. The summed E-state index contributed by atoms with van der Waals surface area (Å²) in [7, 11) is 0. The Morgan fingerprint density at radius 3 is 2.21 bits per heavy atom. The lowest BCUT2D eigenvalue weighted by Gasteiger charge is -2.08. The zero-order valence-corrected chi connectivity index (χ0v) is 10.6. The molecule has 2 nitrogen and oxygen atoms in total. The summed E-state index contributed by atoms with van der Waals surface area (Å²) in [6, 6.07) is 8.28. The van der Waals surface area contributed by atoms with Crippen molar-refractivity contribution in [3.05, 3.63) is 64.7 Å². The molecule has 0 unspecified atom stereocenters. The van der Waals surface area contributed by atoms with Crippen LogP contribution in [-0.4, -0.2) is 5.91 Å². The van der Waals surface area contributed by atoms with Gasteiger partial charge in [-0.15, -0.1) is 0 Å². The summed E-state index contributed by atoms with van der Waals surface area (Å²) >= 11 is 0. The lowest BCUT2D eigenvalue weighted by Crippen LogP contribution is -2.13. The van der Waals surface area contributed by atoms with E-state index in [1.165, 1.54) is 0 Å². The van der Waals surface area contributed by atoms with E-state index in [4.69, 9.17) is 0 Å². The van der Waals surface area contributed by atoms with E-state index in [1.807, 2.05) is 26.0 Å². The molecule has 0 saturated heterocycles. The van der Waals surface area contributed by atoms with Gasteiger partial charge in [-0.25, -0.2) is 8.78 Å². The zero-order chi connectivity index (χ0) is 14.0. The quantitative estimate of drug-likeness (QED) is 0.874. The summed E-state index contributed by atoms with van der Waals surface area (Å²) in [5, 5.41) is 2.48. The highest BCUT2D eigenvalue weighted by atomic mass is 19.1. The topological polar surface area (TPSA) is 29.1 Å². The minimum absolute atomic E-state index is 0.0995. The maximum absolute atomic E-state index is 13.0. The second-order valence-corrected chi connectivity index (χ2v) is 4.43. The first-order valence-electron chi connectivity index (χ1n) is 5.80. The Kier molecular flexibility index (Phi) is 3.60.